The molecule has 0 radical (unpaired) electrons. The second-order valence-corrected chi connectivity index (χ2v) is 9.06. The van der Waals surface area contributed by atoms with Gasteiger partial charge in [0.15, 0.2) is 0 Å². The molecule has 1 aromatic carbocycles. The number of pyridine rings is 1. The maximum absolute atomic E-state index is 14.6. The number of amides is 3. The molecular formula is C24H22F4N6O3. The van der Waals surface area contributed by atoms with Crippen molar-refractivity contribution in [1.82, 2.24) is 24.6 Å². The van der Waals surface area contributed by atoms with E-state index in [-0.39, 0.29) is 35.5 Å². The first kappa shape index (κ1) is 24.7. The van der Waals surface area contributed by atoms with E-state index in [0.29, 0.717) is 31.6 Å². The SMILES string of the molecule is O=C(Nc1cc2cn(CC(=O)N3CCN(C(=O)C4CC4)CC3)nc2cc1F)c1cccc(C(F)(F)F)n1. The standard InChI is InChI=1S/C24H22F4N6O3/c25-16-11-18-15(10-19(16)30-22(36)17-2-1-3-20(29-17)24(26,27)28)12-34(31-18)13-21(35)32-6-8-33(9-7-32)23(37)14-4-5-14/h1-3,10-12,14H,4-9,13H2,(H,30,36). The molecule has 2 fully saturated rings. The molecule has 1 aliphatic heterocycles. The summed E-state index contributed by atoms with van der Waals surface area (Å²) < 4.78 is 54.6. The molecule has 3 aromatic rings. The van der Waals surface area contributed by atoms with Crippen molar-refractivity contribution < 1.29 is 31.9 Å². The fraction of sp³-hybridized carbons (Fsp3) is 0.375. The van der Waals surface area contributed by atoms with Crippen LogP contribution >= 0.6 is 0 Å². The zero-order valence-electron chi connectivity index (χ0n) is 19.5. The van der Waals surface area contributed by atoms with Crippen LogP contribution in [0.25, 0.3) is 10.9 Å². The molecule has 1 N–H and O–H groups in total. The highest BCUT2D eigenvalue weighted by Crippen LogP contribution is 2.31. The van der Waals surface area contributed by atoms with Gasteiger partial charge in [-0.2, -0.15) is 18.3 Å². The molecule has 0 atom stereocenters. The van der Waals surface area contributed by atoms with Gasteiger partial charge in [0.1, 0.15) is 23.7 Å². The van der Waals surface area contributed by atoms with Gasteiger partial charge in [-0.05, 0) is 31.0 Å². The van der Waals surface area contributed by atoms with E-state index in [2.05, 4.69) is 15.4 Å². The van der Waals surface area contributed by atoms with Crippen LogP contribution in [-0.4, -0.2) is 68.5 Å². The largest absolute Gasteiger partial charge is 0.433 e. The molecule has 5 rings (SSSR count). The summed E-state index contributed by atoms with van der Waals surface area (Å²) in [4.78, 5) is 44.1. The molecule has 0 spiro atoms. The van der Waals surface area contributed by atoms with Crippen LogP contribution in [0.15, 0.2) is 36.5 Å². The summed E-state index contributed by atoms with van der Waals surface area (Å²) in [6.07, 6.45) is -1.36. The molecule has 2 aromatic heterocycles. The topological polar surface area (TPSA) is 100 Å². The summed E-state index contributed by atoms with van der Waals surface area (Å²) >= 11 is 0. The van der Waals surface area contributed by atoms with Gasteiger partial charge in [-0.15, -0.1) is 0 Å². The van der Waals surface area contributed by atoms with Crippen LogP contribution in [0.2, 0.25) is 0 Å². The number of piperazine rings is 1. The molecule has 13 heteroatoms. The van der Waals surface area contributed by atoms with Crippen molar-refractivity contribution in [3.8, 4) is 0 Å². The first-order valence-electron chi connectivity index (χ1n) is 11.7. The predicted molar refractivity (Wildman–Crippen MR) is 123 cm³/mol. The number of halogens is 4. The van der Waals surface area contributed by atoms with Crippen LogP contribution in [0.1, 0.15) is 29.0 Å². The van der Waals surface area contributed by atoms with Gasteiger partial charge < -0.3 is 15.1 Å². The summed E-state index contributed by atoms with van der Waals surface area (Å²) in [5.41, 5.74) is -1.79. The third-order valence-corrected chi connectivity index (χ3v) is 6.33. The van der Waals surface area contributed by atoms with E-state index >= 15 is 0 Å². The lowest BCUT2D eigenvalue weighted by atomic mass is 10.2. The van der Waals surface area contributed by atoms with Crippen molar-refractivity contribution in [3.05, 3.63) is 53.7 Å². The molecule has 2 aliphatic rings. The minimum Gasteiger partial charge on any atom is -0.339 e. The Morgan fingerprint density at radius 1 is 1.03 bits per heavy atom. The molecule has 3 heterocycles. The summed E-state index contributed by atoms with van der Waals surface area (Å²) in [6, 6.07) is 5.20. The highest BCUT2D eigenvalue weighted by atomic mass is 19.4. The molecule has 1 saturated carbocycles. The van der Waals surface area contributed by atoms with E-state index in [9.17, 15) is 31.9 Å². The van der Waals surface area contributed by atoms with Crippen LogP contribution in [0.5, 0.6) is 0 Å². The Hall–Kier alpha value is -4.03. The zero-order valence-corrected chi connectivity index (χ0v) is 19.5. The molecular weight excluding hydrogens is 496 g/mol. The Morgan fingerprint density at radius 2 is 1.73 bits per heavy atom. The number of benzene rings is 1. The lowest BCUT2D eigenvalue weighted by molar-refractivity contribution is -0.141. The van der Waals surface area contributed by atoms with Gasteiger partial charge in [-0.25, -0.2) is 9.37 Å². The normalized spacial score (nSPS) is 16.2. The summed E-state index contributed by atoms with van der Waals surface area (Å²) in [5.74, 6) is -1.77. The number of carbonyl (C=O) groups is 3. The van der Waals surface area contributed by atoms with Crippen LogP contribution in [0.3, 0.4) is 0 Å². The second-order valence-electron chi connectivity index (χ2n) is 9.06. The number of hydrogen-bond donors (Lipinski definition) is 1. The maximum atomic E-state index is 14.6. The molecule has 0 unspecified atom stereocenters. The van der Waals surface area contributed by atoms with Gasteiger partial charge in [0.2, 0.25) is 11.8 Å². The van der Waals surface area contributed by atoms with Gasteiger partial charge in [-0.3, -0.25) is 19.1 Å². The molecule has 3 amide bonds. The molecule has 194 valence electrons. The van der Waals surface area contributed by atoms with E-state index in [1.807, 2.05) is 0 Å². The Balaban J connectivity index is 1.24. The molecule has 1 saturated heterocycles. The Morgan fingerprint density at radius 3 is 2.41 bits per heavy atom. The van der Waals surface area contributed by atoms with E-state index in [4.69, 9.17) is 0 Å². The van der Waals surface area contributed by atoms with Crippen LogP contribution in [-0.2, 0) is 22.3 Å². The summed E-state index contributed by atoms with van der Waals surface area (Å²) in [7, 11) is 0. The Labute approximate surface area is 208 Å². The van der Waals surface area contributed by atoms with Gasteiger partial charge in [0, 0.05) is 49.7 Å². The number of aromatic nitrogens is 3. The molecule has 9 nitrogen and oxygen atoms in total. The Kier molecular flexibility index (Phi) is 6.30. The van der Waals surface area contributed by atoms with Crippen molar-refractivity contribution in [2.75, 3.05) is 31.5 Å². The van der Waals surface area contributed by atoms with Crippen molar-refractivity contribution in [2.24, 2.45) is 5.92 Å². The van der Waals surface area contributed by atoms with Crippen LogP contribution in [0.4, 0.5) is 23.2 Å². The van der Waals surface area contributed by atoms with Gasteiger partial charge in [-0.1, -0.05) is 6.07 Å². The maximum Gasteiger partial charge on any atom is 0.433 e. The Bertz CT molecular complexity index is 1380. The molecule has 0 bridgehead atoms. The highest BCUT2D eigenvalue weighted by molar-refractivity contribution is 6.04. The van der Waals surface area contributed by atoms with E-state index in [1.165, 1.54) is 16.9 Å². The van der Waals surface area contributed by atoms with Gasteiger partial charge in [0.25, 0.3) is 5.91 Å². The first-order valence-corrected chi connectivity index (χ1v) is 11.7. The minimum absolute atomic E-state index is 0.0945. The third kappa shape index (κ3) is 5.39. The average molecular weight is 518 g/mol. The van der Waals surface area contributed by atoms with E-state index in [1.54, 1.807) is 9.80 Å². The number of rotatable bonds is 5. The monoisotopic (exact) mass is 518 g/mol. The van der Waals surface area contributed by atoms with Crippen molar-refractivity contribution in [1.29, 1.82) is 0 Å². The minimum atomic E-state index is -4.73. The van der Waals surface area contributed by atoms with E-state index < -0.39 is 29.3 Å². The van der Waals surface area contributed by atoms with Gasteiger partial charge in [0.05, 0.1) is 11.2 Å². The van der Waals surface area contributed by atoms with E-state index in [0.717, 1.165) is 37.1 Å². The second kappa shape index (κ2) is 9.45. The van der Waals surface area contributed by atoms with Crippen LogP contribution < -0.4 is 5.32 Å². The van der Waals surface area contributed by atoms with Crippen molar-refractivity contribution in [3.63, 3.8) is 0 Å². The number of anilines is 1. The third-order valence-electron chi connectivity index (χ3n) is 6.33. The number of nitrogens with one attached hydrogen (secondary N) is 1. The van der Waals surface area contributed by atoms with Crippen molar-refractivity contribution in [2.45, 2.75) is 25.6 Å². The number of carbonyl (C=O) groups excluding carboxylic acids is 3. The average Bonchev–Trinajstić information content (AvgIpc) is 3.65. The summed E-state index contributed by atoms with van der Waals surface area (Å²) in [6.45, 7) is 1.72. The lowest BCUT2D eigenvalue weighted by Crippen LogP contribution is -2.51. The quantitative estimate of drug-likeness (QED) is 0.524. The smallest absolute Gasteiger partial charge is 0.339 e. The number of fused-ring (bicyclic) bond motifs is 1. The van der Waals surface area contributed by atoms with Crippen LogP contribution in [0, 0.1) is 11.7 Å². The number of nitrogens with zero attached hydrogens (tertiary/aromatic N) is 5. The lowest BCUT2D eigenvalue weighted by Gasteiger charge is -2.34. The number of hydrogen-bond acceptors (Lipinski definition) is 5. The molecule has 1 aliphatic carbocycles. The fourth-order valence-electron chi connectivity index (χ4n) is 4.18. The summed E-state index contributed by atoms with van der Waals surface area (Å²) in [5, 5.41) is 6.87. The fourth-order valence-corrected chi connectivity index (χ4v) is 4.18. The van der Waals surface area contributed by atoms with Crippen molar-refractivity contribution >= 4 is 34.3 Å². The first-order chi connectivity index (χ1) is 17.6. The van der Waals surface area contributed by atoms with Gasteiger partial charge >= 0.3 is 6.18 Å². The highest BCUT2D eigenvalue weighted by Gasteiger charge is 2.35. The predicted octanol–water partition coefficient (Wildman–Crippen LogP) is 2.92. The zero-order chi connectivity index (χ0) is 26.3. The molecule has 37 heavy (non-hydrogen) atoms. The number of alkyl halides is 3.